The molecule has 2 rings (SSSR count). The van der Waals surface area contributed by atoms with Gasteiger partial charge in [-0.1, -0.05) is 12.1 Å². The molecule has 5 nitrogen and oxygen atoms in total. The summed E-state index contributed by atoms with van der Waals surface area (Å²) in [5.41, 5.74) is -0.357. The maximum absolute atomic E-state index is 5.71. The number of rotatable bonds is 4. The average molecular weight is 239 g/mol. The van der Waals surface area contributed by atoms with Crippen LogP contribution < -0.4 is 5.32 Å². The standard InChI is InChI=1S/C12H21N3O2/c1-8(9(2)13-4)10-14-11(15-17-10)12(3)6-5-7-16-12/h8-9,13H,5-7H2,1-4H3. The van der Waals surface area contributed by atoms with Gasteiger partial charge in [-0.05, 0) is 33.7 Å². The van der Waals surface area contributed by atoms with Gasteiger partial charge in [0.25, 0.3) is 0 Å². The fourth-order valence-electron chi connectivity index (χ4n) is 2.05. The summed E-state index contributed by atoms with van der Waals surface area (Å²) < 4.78 is 11.1. The van der Waals surface area contributed by atoms with Crippen molar-refractivity contribution in [1.29, 1.82) is 0 Å². The molecular weight excluding hydrogens is 218 g/mol. The zero-order chi connectivity index (χ0) is 12.5. The lowest BCUT2D eigenvalue weighted by molar-refractivity contribution is 0.00768. The quantitative estimate of drug-likeness (QED) is 0.868. The van der Waals surface area contributed by atoms with Gasteiger partial charge in [-0.15, -0.1) is 0 Å². The Labute approximate surface area is 102 Å². The molecule has 17 heavy (non-hydrogen) atoms. The van der Waals surface area contributed by atoms with Gasteiger partial charge in [0.2, 0.25) is 11.7 Å². The third-order valence-electron chi connectivity index (χ3n) is 3.73. The zero-order valence-electron chi connectivity index (χ0n) is 11.0. The van der Waals surface area contributed by atoms with Crippen molar-refractivity contribution >= 4 is 0 Å². The Morgan fingerprint density at radius 2 is 2.18 bits per heavy atom. The van der Waals surface area contributed by atoms with E-state index in [2.05, 4.69) is 29.3 Å². The summed E-state index contributed by atoms with van der Waals surface area (Å²) in [6, 6.07) is 0.306. The molecule has 0 bridgehead atoms. The molecule has 3 atom stereocenters. The van der Waals surface area contributed by atoms with Crippen molar-refractivity contribution in [3.05, 3.63) is 11.7 Å². The number of hydrogen-bond donors (Lipinski definition) is 1. The molecule has 0 spiro atoms. The highest BCUT2D eigenvalue weighted by molar-refractivity contribution is 5.04. The van der Waals surface area contributed by atoms with E-state index in [4.69, 9.17) is 9.26 Å². The van der Waals surface area contributed by atoms with Crippen molar-refractivity contribution < 1.29 is 9.26 Å². The lowest BCUT2D eigenvalue weighted by Crippen LogP contribution is -2.27. The summed E-state index contributed by atoms with van der Waals surface area (Å²) in [7, 11) is 1.93. The first-order valence-electron chi connectivity index (χ1n) is 6.22. The second kappa shape index (κ2) is 4.74. The highest BCUT2D eigenvalue weighted by Gasteiger charge is 2.37. The second-order valence-corrected chi connectivity index (χ2v) is 5.01. The van der Waals surface area contributed by atoms with Crippen LogP contribution in [0.3, 0.4) is 0 Å². The molecule has 0 amide bonds. The predicted molar refractivity (Wildman–Crippen MR) is 63.8 cm³/mol. The minimum Gasteiger partial charge on any atom is -0.367 e. The maximum Gasteiger partial charge on any atom is 0.231 e. The smallest absolute Gasteiger partial charge is 0.231 e. The molecule has 0 saturated carbocycles. The Morgan fingerprint density at radius 1 is 1.41 bits per heavy atom. The Bertz CT molecular complexity index is 372. The number of aromatic nitrogens is 2. The molecule has 1 aliphatic heterocycles. The molecule has 0 radical (unpaired) electrons. The lowest BCUT2D eigenvalue weighted by atomic mass is 10.0. The van der Waals surface area contributed by atoms with Gasteiger partial charge in [-0.3, -0.25) is 0 Å². The van der Waals surface area contributed by atoms with Crippen LogP contribution in [0.5, 0.6) is 0 Å². The molecule has 96 valence electrons. The van der Waals surface area contributed by atoms with E-state index in [0.717, 1.165) is 19.4 Å². The van der Waals surface area contributed by atoms with Crippen LogP contribution in [0, 0.1) is 0 Å². The fourth-order valence-corrected chi connectivity index (χ4v) is 2.05. The van der Waals surface area contributed by atoms with E-state index in [1.165, 1.54) is 0 Å². The molecular formula is C12H21N3O2. The highest BCUT2D eigenvalue weighted by Crippen LogP contribution is 2.34. The van der Waals surface area contributed by atoms with Crippen LogP contribution in [-0.4, -0.2) is 29.8 Å². The van der Waals surface area contributed by atoms with E-state index in [-0.39, 0.29) is 11.5 Å². The van der Waals surface area contributed by atoms with Crippen molar-refractivity contribution in [2.24, 2.45) is 0 Å². The van der Waals surface area contributed by atoms with Gasteiger partial charge in [0.1, 0.15) is 5.60 Å². The highest BCUT2D eigenvalue weighted by atomic mass is 16.5. The molecule has 1 fully saturated rings. The molecule has 1 aromatic heterocycles. The Morgan fingerprint density at radius 3 is 2.76 bits per heavy atom. The molecule has 0 aromatic carbocycles. The fraction of sp³-hybridized carbons (Fsp3) is 0.833. The number of nitrogens with zero attached hydrogens (tertiary/aromatic N) is 2. The summed E-state index contributed by atoms with van der Waals surface area (Å²) in [6.07, 6.45) is 2.02. The summed E-state index contributed by atoms with van der Waals surface area (Å²) in [4.78, 5) is 4.49. The maximum atomic E-state index is 5.71. The van der Waals surface area contributed by atoms with Crippen molar-refractivity contribution in [2.75, 3.05) is 13.7 Å². The monoisotopic (exact) mass is 239 g/mol. The van der Waals surface area contributed by atoms with Crippen LogP contribution in [0.2, 0.25) is 0 Å². The first kappa shape index (κ1) is 12.5. The van der Waals surface area contributed by atoms with E-state index in [0.29, 0.717) is 17.8 Å². The first-order valence-corrected chi connectivity index (χ1v) is 6.22. The molecule has 1 aliphatic rings. The minimum atomic E-state index is -0.357. The van der Waals surface area contributed by atoms with E-state index in [1.807, 2.05) is 14.0 Å². The molecule has 1 saturated heterocycles. The molecule has 0 aliphatic carbocycles. The van der Waals surface area contributed by atoms with Crippen molar-refractivity contribution in [1.82, 2.24) is 15.5 Å². The Hall–Kier alpha value is -0.940. The molecule has 1 N–H and O–H groups in total. The summed E-state index contributed by atoms with van der Waals surface area (Å²) >= 11 is 0. The normalized spacial score (nSPS) is 28.2. The van der Waals surface area contributed by atoms with E-state index in [9.17, 15) is 0 Å². The van der Waals surface area contributed by atoms with E-state index in [1.54, 1.807) is 0 Å². The predicted octanol–water partition coefficient (Wildman–Crippen LogP) is 1.81. The van der Waals surface area contributed by atoms with E-state index < -0.39 is 0 Å². The van der Waals surface area contributed by atoms with Crippen LogP contribution >= 0.6 is 0 Å². The van der Waals surface area contributed by atoms with Crippen molar-refractivity contribution in [2.45, 2.75) is 51.2 Å². The van der Waals surface area contributed by atoms with Gasteiger partial charge >= 0.3 is 0 Å². The van der Waals surface area contributed by atoms with Gasteiger partial charge in [-0.25, -0.2) is 0 Å². The van der Waals surface area contributed by atoms with Crippen molar-refractivity contribution in [3.8, 4) is 0 Å². The first-order chi connectivity index (χ1) is 8.07. The topological polar surface area (TPSA) is 60.2 Å². The van der Waals surface area contributed by atoms with Gasteiger partial charge < -0.3 is 14.6 Å². The number of ether oxygens (including phenoxy) is 1. The van der Waals surface area contributed by atoms with Gasteiger partial charge in [-0.2, -0.15) is 4.98 Å². The number of nitrogens with one attached hydrogen (secondary N) is 1. The summed E-state index contributed by atoms with van der Waals surface area (Å²) in [5.74, 6) is 1.56. The lowest BCUT2D eigenvalue weighted by Gasteiger charge is -2.18. The van der Waals surface area contributed by atoms with E-state index >= 15 is 0 Å². The number of likely N-dealkylation sites (N-methyl/N-ethyl adjacent to an activating group) is 1. The zero-order valence-corrected chi connectivity index (χ0v) is 11.0. The minimum absolute atomic E-state index is 0.200. The van der Waals surface area contributed by atoms with Gasteiger partial charge in [0, 0.05) is 12.6 Å². The van der Waals surface area contributed by atoms with Crippen molar-refractivity contribution in [3.63, 3.8) is 0 Å². The SMILES string of the molecule is CNC(C)C(C)c1nc(C2(C)CCCO2)no1. The number of hydrogen-bond acceptors (Lipinski definition) is 5. The second-order valence-electron chi connectivity index (χ2n) is 5.01. The Balaban J connectivity index is 2.15. The van der Waals surface area contributed by atoms with Crippen LogP contribution in [0.25, 0.3) is 0 Å². The summed E-state index contributed by atoms with van der Waals surface area (Å²) in [6.45, 7) is 6.99. The van der Waals surface area contributed by atoms with Gasteiger partial charge in [0.05, 0.1) is 5.92 Å². The molecule has 3 unspecified atom stereocenters. The largest absolute Gasteiger partial charge is 0.367 e. The Kier molecular flexibility index (Phi) is 3.49. The molecule has 2 heterocycles. The third-order valence-corrected chi connectivity index (χ3v) is 3.73. The van der Waals surface area contributed by atoms with Crippen LogP contribution in [0.4, 0.5) is 0 Å². The van der Waals surface area contributed by atoms with Crippen LogP contribution in [0.15, 0.2) is 4.52 Å². The molecule has 5 heteroatoms. The van der Waals surface area contributed by atoms with Crippen LogP contribution in [-0.2, 0) is 10.3 Å². The summed E-state index contributed by atoms with van der Waals surface area (Å²) in [5, 5.41) is 7.26. The van der Waals surface area contributed by atoms with Crippen LogP contribution in [0.1, 0.15) is 51.2 Å². The van der Waals surface area contributed by atoms with Gasteiger partial charge in [0.15, 0.2) is 0 Å². The third kappa shape index (κ3) is 2.35. The average Bonchev–Trinajstić information content (AvgIpc) is 2.96. The molecule has 1 aromatic rings.